The molecule has 1 fully saturated rings. The molecule has 13 heavy (non-hydrogen) atoms. The second-order valence-electron chi connectivity index (χ2n) is 3.87. The van der Waals surface area contributed by atoms with Gasteiger partial charge in [0.2, 0.25) is 5.91 Å². The first kappa shape index (κ1) is 8.30. The summed E-state index contributed by atoms with van der Waals surface area (Å²) in [5.74, 6) is 0.144. The van der Waals surface area contributed by atoms with E-state index in [1.54, 1.807) is 0 Å². The van der Waals surface area contributed by atoms with Crippen LogP contribution in [0.15, 0.2) is 24.3 Å². The van der Waals surface area contributed by atoms with Gasteiger partial charge in [-0.25, -0.2) is 0 Å². The summed E-state index contributed by atoms with van der Waals surface area (Å²) >= 11 is 0. The lowest BCUT2D eigenvalue weighted by molar-refractivity contribution is -0.132. The van der Waals surface area contributed by atoms with Crippen LogP contribution in [0.5, 0.6) is 0 Å². The van der Waals surface area contributed by atoms with E-state index in [4.69, 9.17) is 0 Å². The molecule has 1 atom stereocenters. The first-order valence-corrected chi connectivity index (χ1v) is 4.49. The van der Waals surface area contributed by atoms with Crippen molar-refractivity contribution in [3.63, 3.8) is 0 Å². The van der Waals surface area contributed by atoms with E-state index in [1.807, 2.05) is 12.1 Å². The highest BCUT2D eigenvalue weighted by atomic mass is 16.2. The van der Waals surface area contributed by atoms with Gasteiger partial charge in [0.25, 0.3) is 0 Å². The zero-order chi connectivity index (χ0) is 9.47. The Balaban J connectivity index is 2.36. The van der Waals surface area contributed by atoms with Crippen LogP contribution >= 0.6 is 0 Å². The molecular weight excluding hydrogens is 162 g/mol. The van der Waals surface area contributed by atoms with E-state index in [0.29, 0.717) is 6.42 Å². The Kier molecular flexibility index (Phi) is 1.65. The highest BCUT2D eigenvalue weighted by Crippen LogP contribution is 2.33. The number of amides is 1. The van der Waals surface area contributed by atoms with Crippen LogP contribution in [0.1, 0.15) is 24.5 Å². The minimum absolute atomic E-state index is 0.123. The zero-order valence-electron chi connectivity index (χ0n) is 7.92. The van der Waals surface area contributed by atoms with E-state index in [1.165, 1.54) is 11.1 Å². The van der Waals surface area contributed by atoms with Crippen LogP contribution in [0.3, 0.4) is 0 Å². The molecule has 2 nitrogen and oxygen atoms in total. The van der Waals surface area contributed by atoms with Crippen molar-refractivity contribution in [1.29, 1.82) is 0 Å². The molecule has 1 aromatic carbocycles. The van der Waals surface area contributed by atoms with Crippen LogP contribution in [0.4, 0.5) is 0 Å². The molecule has 68 valence electrons. The summed E-state index contributed by atoms with van der Waals surface area (Å²) in [6.45, 7) is 4.14. The van der Waals surface area contributed by atoms with Gasteiger partial charge in [0.15, 0.2) is 0 Å². The number of rotatable bonds is 1. The third-order valence-corrected chi connectivity index (χ3v) is 2.67. The Morgan fingerprint density at radius 3 is 2.54 bits per heavy atom. The average Bonchev–Trinajstić information content (AvgIpc) is 2.02. The molecule has 1 N–H and O–H groups in total. The highest BCUT2D eigenvalue weighted by Gasteiger charge is 2.40. The van der Waals surface area contributed by atoms with E-state index in [-0.39, 0.29) is 11.4 Å². The van der Waals surface area contributed by atoms with Crippen molar-refractivity contribution in [2.45, 2.75) is 25.8 Å². The number of aryl methyl sites for hydroxylation is 1. The molecule has 1 aromatic rings. The van der Waals surface area contributed by atoms with Crippen molar-refractivity contribution in [2.75, 3.05) is 0 Å². The van der Waals surface area contributed by atoms with Gasteiger partial charge < -0.3 is 5.32 Å². The maximum absolute atomic E-state index is 10.9. The predicted molar refractivity (Wildman–Crippen MR) is 51.3 cm³/mol. The lowest BCUT2D eigenvalue weighted by Crippen LogP contribution is -2.56. The molecule has 0 aliphatic carbocycles. The van der Waals surface area contributed by atoms with Gasteiger partial charge in [-0.1, -0.05) is 24.3 Å². The summed E-state index contributed by atoms with van der Waals surface area (Å²) in [4.78, 5) is 10.9. The maximum atomic E-state index is 10.9. The minimum Gasteiger partial charge on any atom is -0.346 e. The van der Waals surface area contributed by atoms with Crippen molar-refractivity contribution < 1.29 is 4.79 Å². The van der Waals surface area contributed by atoms with Gasteiger partial charge in [0, 0.05) is 0 Å². The number of carbonyl (C=O) groups excluding carboxylic acids is 1. The van der Waals surface area contributed by atoms with Gasteiger partial charge in [-0.15, -0.1) is 0 Å². The number of β-lactam (4-membered cyclic amide) rings is 1. The SMILES string of the molecule is Cc1ccccc1C1(C)CC(=O)N1. The number of nitrogens with one attached hydrogen (secondary N) is 1. The number of carbonyl (C=O) groups is 1. The van der Waals surface area contributed by atoms with Crippen molar-refractivity contribution in [1.82, 2.24) is 5.32 Å². The number of hydrogen-bond donors (Lipinski definition) is 1. The molecule has 0 spiro atoms. The third kappa shape index (κ3) is 1.22. The lowest BCUT2D eigenvalue weighted by atomic mass is 9.80. The highest BCUT2D eigenvalue weighted by molar-refractivity contribution is 5.85. The molecule has 1 unspecified atom stereocenters. The van der Waals surface area contributed by atoms with E-state index in [2.05, 4.69) is 31.3 Å². The summed E-state index contributed by atoms with van der Waals surface area (Å²) < 4.78 is 0. The molecule has 0 aromatic heterocycles. The average molecular weight is 175 g/mol. The summed E-state index contributed by atoms with van der Waals surface area (Å²) in [6, 6.07) is 8.18. The second-order valence-corrected chi connectivity index (χ2v) is 3.87. The third-order valence-electron chi connectivity index (χ3n) is 2.67. The maximum Gasteiger partial charge on any atom is 0.223 e. The Morgan fingerprint density at radius 2 is 2.00 bits per heavy atom. The summed E-state index contributed by atoms with van der Waals surface area (Å²) in [5, 5.41) is 2.94. The van der Waals surface area contributed by atoms with E-state index in [9.17, 15) is 4.79 Å². The van der Waals surface area contributed by atoms with Gasteiger partial charge in [-0.2, -0.15) is 0 Å². The van der Waals surface area contributed by atoms with Gasteiger partial charge in [0.05, 0.1) is 12.0 Å². The molecule has 1 aliphatic rings. The lowest BCUT2D eigenvalue weighted by Gasteiger charge is -2.40. The molecule has 0 bridgehead atoms. The summed E-state index contributed by atoms with van der Waals surface area (Å²) in [6.07, 6.45) is 0.609. The molecule has 1 amide bonds. The van der Waals surface area contributed by atoms with Crippen LogP contribution in [0, 0.1) is 6.92 Å². The fourth-order valence-corrected chi connectivity index (χ4v) is 1.97. The van der Waals surface area contributed by atoms with Gasteiger partial charge in [-0.3, -0.25) is 4.79 Å². The number of benzene rings is 1. The Morgan fingerprint density at radius 1 is 1.38 bits per heavy atom. The Labute approximate surface area is 78.0 Å². The molecule has 1 saturated heterocycles. The van der Waals surface area contributed by atoms with Crippen molar-refractivity contribution >= 4 is 5.91 Å². The smallest absolute Gasteiger partial charge is 0.223 e. The monoisotopic (exact) mass is 175 g/mol. The molecule has 0 saturated carbocycles. The van der Waals surface area contributed by atoms with Crippen LogP contribution in [0.25, 0.3) is 0 Å². The first-order chi connectivity index (χ1) is 6.12. The van der Waals surface area contributed by atoms with Crippen molar-refractivity contribution in [3.05, 3.63) is 35.4 Å². The van der Waals surface area contributed by atoms with Crippen LogP contribution in [-0.4, -0.2) is 5.91 Å². The van der Waals surface area contributed by atoms with E-state index < -0.39 is 0 Å². The van der Waals surface area contributed by atoms with Gasteiger partial charge >= 0.3 is 0 Å². The quantitative estimate of drug-likeness (QED) is 0.647. The largest absolute Gasteiger partial charge is 0.346 e. The molecule has 1 heterocycles. The Bertz CT molecular complexity index is 349. The van der Waals surface area contributed by atoms with Crippen molar-refractivity contribution in [3.8, 4) is 0 Å². The molecule has 0 radical (unpaired) electrons. The second kappa shape index (κ2) is 2.59. The predicted octanol–water partition coefficient (Wildman–Crippen LogP) is 1.73. The molecule has 2 rings (SSSR count). The molecular formula is C11H13NO. The fraction of sp³-hybridized carbons (Fsp3) is 0.364. The topological polar surface area (TPSA) is 29.1 Å². The summed E-state index contributed by atoms with van der Waals surface area (Å²) in [7, 11) is 0. The van der Waals surface area contributed by atoms with Gasteiger partial charge in [0.1, 0.15) is 0 Å². The normalized spacial score (nSPS) is 26.5. The van der Waals surface area contributed by atoms with E-state index in [0.717, 1.165) is 0 Å². The van der Waals surface area contributed by atoms with E-state index >= 15 is 0 Å². The summed E-state index contributed by atoms with van der Waals surface area (Å²) in [5.41, 5.74) is 2.35. The Hall–Kier alpha value is -1.31. The molecule has 2 heteroatoms. The van der Waals surface area contributed by atoms with Crippen molar-refractivity contribution in [2.24, 2.45) is 0 Å². The fourth-order valence-electron chi connectivity index (χ4n) is 1.97. The molecule has 1 aliphatic heterocycles. The number of hydrogen-bond acceptors (Lipinski definition) is 1. The minimum atomic E-state index is -0.123. The van der Waals surface area contributed by atoms with Crippen LogP contribution in [0.2, 0.25) is 0 Å². The van der Waals surface area contributed by atoms with Gasteiger partial charge in [-0.05, 0) is 25.0 Å². The first-order valence-electron chi connectivity index (χ1n) is 4.49. The van der Waals surface area contributed by atoms with Crippen LogP contribution in [-0.2, 0) is 10.3 Å². The van der Waals surface area contributed by atoms with Crippen LogP contribution < -0.4 is 5.32 Å². The standard InChI is InChI=1S/C11H13NO/c1-8-5-3-4-6-9(8)11(2)7-10(13)12-11/h3-6H,7H2,1-2H3,(H,12,13). The zero-order valence-corrected chi connectivity index (χ0v) is 7.92.